The van der Waals surface area contributed by atoms with Gasteiger partial charge in [-0.05, 0) is 31.0 Å². The van der Waals surface area contributed by atoms with E-state index >= 15 is 0 Å². The number of amides is 2. The molecule has 5 nitrogen and oxygen atoms in total. The predicted octanol–water partition coefficient (Wildman–Crippen LogP) is 1.90. The number of nitrogens with one attached hydrogen (secondary N) is 2. The maximum atomic E-state index is 11.7. The molecule has 1 fully saturated rings. The molecular weight excluding hydrogens is 244 g/mol. The zero-order valence-electron chi connectivity index (χ0n) is 11.1. The number of rotatable bonds is 4. The highest BCUT2D eigenvalue weighted by Crippen LogP contribution is 2.17. The molecule has 5 heteroatoms. The van der Waals surface area contributed by atoms with Gasteiger partial charge in [0, 0.05) is 24.8 Å². The van der Waals surface area contributed by atoms with Gasteiger partial charge < -0.3 is 20.5 Å². The maximum Gasteiger partial charge on any atom is 0.319 e. The molecular formula is C14H20N2O3. The molecule has 2 amide bonds. The quantitative estimate of drug-likeness (QED) is 0.778. The van der Waals surface area contributed by atoms with Crippen LogP contribution in [-0.4, -0.2) is 30.9 Å². The maximum absolute atomic E-state index is 11.7. The van der Waals surface area contributed by atoms with Crippen LogP contribution in [0.25, 0.3) is 0 Å². The summed E-state index contributed by atoms with van der Waals surface area (Å²) in [4.78, 5) is 11.7. The molecule has 19 heavy (non-hydrogen) atoms. The zero-order chi connectivity index (χ0) is 13.7. The smallest absolute Gasteiger partial charge is 0.319 e. The van der Waals surface area contributed by atoms with E-state index in [4.69, 9.17) is 4.74 Å². The lowest BCUT2D eigenvalue weighted by Gasteiger charge is -2.12. The Morgan fingerprint density at radius 3 is 3.11 bits per heavy atom. The van der Waals surface area contributed by atoms with E-state index in [2.05, 4.69) is 10.6 Å². The average molecular weight is 264 g/mol. The second kappa shape index (κ2) is 6.54. The third-order valence-electron chi connectivity index (χ3n) is 3.20. The summed E-state index contributed by atoms with van der Waals surface area (Å²) < 4.78 is 5.25. The number of carbonyl (C=O) groups is 1. The molecule has 0 radical (unpaired) electrons. The molecule has 3 N–H and O–H groups in total. The van der Waals surface area contributed by atoms with E-state index in [1.807, 2.05) is 12.1 Å². The number of hydrogen-bond donors (Lipinski definition) is 3. The Hall–Kier alpha value is -1.59. The standard InChI is InChI=1S/C14H20N2O3/c1-10(17)12-3-2-4-13(7-12)16-14(18)15-8-11-5-6-19-9-11/h2-4,7,10-11,17H,5-6,8-9H2,1H3,(H2,15,16,18). The van der Waals surface area contributed by atoms with Crippen molar-refractivity contribution in [2.45, 2.75) is 19.4 Å². The van der Waals surface area contributed by atoms with E-state index in [-0.39, 0.29) is 6.03 Å². The molecule has 104 valence electrons. The minimum Gasteiger partial charge on any atom is -0.389 e. The molecule has 0 bridgehead atoms. The van der Waals surface area contributed by atoms with Gasteiger partial charge in [-0.3, -0.25) is 0 Å². The Kier molecular flexibility index (Phi) is 4.76. The van der Waals surface area contributed by atoms with Crippen LogP contribution >= 0.6 is 0 Å². The Labute approximate surface area is 113 Å². The van der Waals surface area contributed by atoms with Crippen LogP contribution < -0.4 is 10.6 Å². The molecule has 1 aromatic carbocycles. The van der Waals surface area contributed by atoms with Crippen molar-refractivity contribution in [1.82, 2.24) is 5.32 Å². The third kappa shape index (κ3) is 4.22. The molecule has 0 saturated carbocycles. The number of aliphatic hydroxyl groups excluding tert-OH is 1. The number of aliphatic hydroxyl groups is 1. The second-order valence-electron chi connectivity index (χ2n) is 4.87. The van der Waals surface area contributed by atoms with Crippen molar-refractivity contribution < 1.29 is 14.6 Å². The minimum atomic E-state index is -0.541. The summed E-state index contributed by atoms with van der Waals surface area (Å²) in [5, 5.41) is 15.1. The zero-order valence-corrected chi connectivity index (χ0v) is 11.1. The first kappa shape index (κ1) is 13.8. The summed E-state index contributed by atoms with van der Waals surface area (Å²) >= 11 is 0. The highest BCUT2D eigenvalue weighted by Gasteiger charge is 2.16. The lowest BCUT2D eigenvalue weighted by Crippen LogP contribution is -2.33. The molecule has 1 aliphatic heterocycles. The first-order chi connectivity index (χ1) is 9.15. The first-order valence-electron chi connectivity index (χ1n) is 6.56. The van der Waals surface area contributed by atoms with Crippen LogP contribution in [0, 0.1) is 5.92 Å². The molecule has 0 spiro atoms. The highest BCUT2D eigenvalue weighted by molar-refractivity contribution is 5.89. The van der Waals surface area contributed by atoms with E-state index in [1.165, 1.54) is 0 Å². The van der Waals surface area contributed by atoms with E-state index in [1.54, 1.807) is 19.1 Å². The summed E-state index contributed by atoms with van der Waals surface area (Å²) in [6.45, 7) is 3.82. The number of hydrogen-bond acceptors (Lipinski definition) is 3. The van der Waals surface area contributed by atoms with Gasteiger partial charge in [-0.2, -0.15) is 0 Å². The Balaban J connectivity index is 1.82. The predicted molar refractivity (Wildman–Crippen MR) is 73.0 cm³/mol. The summed E-state index contributed by atoms with van der Waals surface area (Å²) in [6, 6.07) is 6.97. The second-order valence-corrected chi connectivity index (χ2v) is 4.87. The molecule has 1 heterocycles. The van der Waals surface area contributed by atoms with Crippen LogP contribution in [0.15, 0.2) is 24.3 Å². The van der Waals surface area contributed by atoms with Gasteiger partial charge in [0.1, 0.15) is 0 Å². The monoisotopic (exact) mass is 264 g/mol. The van der Waals surface area contributed by atoms with Gasteiger partial charge in [-0.15, -0.1) is 0 Å². The van der Waals surface area contributed by atoms with E-state index in [0.717, 1.165) is 25.2 Å². The van der Waals surface area contributed by atoms with Crippen LogP contribution in [0.5, 0.6) is 0 Å². The topological polar surface area (TPSA) is 70.6 Å². The summed E-state index contributed by atoms with van der Waals surface area (Å²) in [7, 11) is 0. The van der Waals surface area contributed by atoms with Crippen molar-refractivity contribution >= 4 is 11.7 Å². The van der Waals surface area contributed by atoms with Crippen molar-refractivity contribution in [2.24, 2.45) is 5.92 Å². The summed E-state index contributed by atoms with van der Waals surface area (Å²) in [5.41, 5.74) is 1.46. The lowest BCUT2D eigenvalue weighted by atomic mass is 10.1. The number of anilines is 1. The van der Waals surface area contributed by atoms with E-state index < -0.39 is 6.10 Å². The number of ether oxygens (including phenoxy) is 1. The van der Waals surface area contributed by atoms with Gasteiger partial charge in [-0.25, -0.2) is 4.79 Å². The first-order valence-corrected chi connectivity index (χ1v) is 6.56. The van der Waals surface area contributed by atoms with Crippen molar-refractivity contribution in [3.8, 4) is 0 Å². The molecule has 1 aliphatic rings. The normalized spacial score (nSPS) is 20.0. The molecule has 2 atom stereocenters. The molecule has 1 saturated heterocycles. The summed E-state index contributed by atoms with van der Waals surface area (Å²) in [5.74, 6) is 0.412. The lowest BCUT2D eigenvalue weighted by molar-refractivity contribution is 0.185. The fourth-order valence-corrected chi connectivity index (χ4v) is 2.03. The SMILES string of the molecule is CC(O)c1cccc(NC(=O)NCC2CCOC2)c1. The van der Waals surface area contributed by atoms with Gasteiger partial charge in [0.05, 0.1) is 12.7 Å². The average Bonchev–Trinajstić information content (AvgIpc) is 2.90. The van der Waals surface area contributed by atoms with Gasteiger partial charge in [0.15, 0.2) is 0 Å². The molecule has 2 rings (SSSR count). The van der Waals surface area contributed by atoms with Gasteiger partial charge in [0.25, 0.3) is 0 Å². The Morgan fingerprint density at radius 1 is 1.58 bits per heavy atom. The van der Waals surface area contributed by atoms with Crippen LogP contribution in [0.2, 0.25) is 0 Å². The minimum absolute atomic E-state index is 0.227. The fraction of sp³-hybridized carbons (Fsp3) is 0.500. The van der Waals surface area contributed by atoms with Crippen molar-refractivity contribution in [1.29, 1.82) is 0 Å². The highest BCUT2D eigenvalue weighted by atomic mass is 16.5. The fourth-order valence-electron chi connectivity index (χ4n) is 2.03. The summed E-state index contributed by atoms with van der Waals surface area (Å²) in [6.07, 6.45) is 0.457. The largest absolute Gasteiger partial charge is 0.389 e. The van der Waals surface area contributed by atoms with Crippen molar-refractivity contribution in [3.05, 3.63) is 29.8 Å². The van der Waals surface area contributed by atoms with Crippen LogP contribution in [0.1, 0.15) is 25.0 Å². The molecule has 1 aromatic rings. The van der Waals surface area contributed by atoms with Gasteiger partial charge in [-0.1, -0.05) is 12.1 Å². The van der Waals surface area contributed by atoms with Crippen molar-refractivity contribution in [2.75, 3.05) is 25.1 Å². The molecule has 0 aromatic heterocycles. The number of urea groups is 1. The van der Waals surface area contributed by atoms with Crippen LogP contribution in [0.4, 0.5) is 10.5 Å². The number of benzene rings is 1. The Bertz CT molecular complexity index is 428. The molecule has 0 aliphatic carbocycles. The number of carbonyl (C=O) groups excluding carboxylic acids is 1. The Morgan fingerprint density at radius 2 is 2.42 bits per heavy atom. The van der Waals surface area contributed by atoms with Gasteiger partial charge >= 0.3 is 6.03 Å². The van der Waals surface area contributed by atoms with Crippen molar-refractivity contribution in [3.63, 3.8) is 0 Å². The van der Waals surface area contributed by atoms with E-state index in [9.17, 15) is 9.90 Å². The van der Waals surface area contributed by atoms with Crippen LogP contribution in [-0.2, 0) is 4.74 Å². The van der Waals surface area contributed by atoms with Crippen LogP contribution in [0.3, 0.4) is 0 Å². The van der Waals surface area contributed by atoms with E-state index in [0.29, 0.717) is 18.2 Å². The van der Waals surface area contributed by atoms with Gasteiger partial charge in [0.2, 0.25) is 0 Å². The molecule has 2 unspecified atom stereocenters. The third-order valence-corrected chi connectivity index (χ3v) is 3.20.